The van der Waals surface area contributed by atoms with Crippen LogP contribution in [0, 0.1) is 5.82 Å². The van der Waals surface area contributed by atoms with E-state index in [0.717, 1.165) is 17.3 Å². The maximum atomic E-state index is 13.9. The molecule has 166 valence electrons. The number of carbonyl (C=O) groups is 1. The van der Waals surface area contributed by atoms with E-state index in [2.05, 4.69) is 4.72 Å². The lowest BCUT2D eigenvalue weighted by molar-refractivity contribution is 0.0981. The van der Waals surface area contributed by atoms with Crippen LogP contribution in [-0.2, 0) is 23.0 Å². The number of halogens is 1. The summed E-state index contributed by atoms with van der Waals surface area (Å²) in [6, 6.07) is 17.6. The summed E-state index contributed by atoms with van der Waals surface area (Å²) >= 11 is 0. The van der Waals surface area contributed by atoms with Crippen molar-refractivity contribution in [2.45, 2.75) is 30.8 Å². The van der Waals surface area contributed by atoms with Gasteiger partial charge in [0.15, 0.2) is 0 Å². The van der Waals surface area contributed by atoms with Gasteiger partial charge in [-0.05, 0) is 66.9 Å². The quantitative estimate of drug-likeness (QED) is 0.613. The lowest BCUT2D eigenvalue weighted by Crippen LogP contribution is -2.35. The maximum absolute atomic E-state index is 13.9. The molecule has 0 aliphatic carbocycles. The molecule has 0 saturated heterocycles. The molecular weight excluding hydrogens is 431 g/mol. The molecule has 32 heavy (non-hydrogen) atoms. The van der Waals surface area contributed by atoms with Crippen LogP contribution >= 0.6 is 0 Å². The molecule has 0 radical (unpaired) electrons. The summed E-state index contributed by atoms with van der Waals surface area (Å²) in [5.74, 6) is -0.275. The van der Waals surface area contributed by atoms with E-state index in [9.17, 15) is 17.6 Å². The third-order valence-corrected chi connectivity index (χ3v) is 6.95. The van der Waals surface area contributed by atoms with Gasteiger partial charge in [-0.3, -0.25) is 4.79 Å². The first kappa shape index (κ1) is 22.0. The van der Waals surface area contributed by atoms with Crippen LogP contribution in [0.1, 0.15) is 28.4 Å². The van der Waals surface area contributed by atoms with Crippen LogP contribution in [0.2, 0.25) is 0 Å². The zero-order chi connectivity index (χ0) is 22.9. The molecule has 3 aromatic carbocycles. The van der Waals surface area contributed by atoms with Gasteiger partial charge in [-0.2, -0.15) is 0 Å². The molecule has 1 aliphatic rings. The lowest BCUT2D eigenvalue weighted by Gasteiger charge is -2.23. The number of anilines is 1. The van der Waals surface area contributed by atoms with Crippen LogP contribution in [0.15, 0.2) is 71.6 Å². The first-order valence-electron chi connectivity index (χ1n) is 10.1. The van der Waals surface area contributed by atoms with Crippen LogP contribution in [0.25, 0.3) is 0 Å². The van der Waals surface area contributed by atoms with E-state index in [-0.39, 0.29) is 18.5 Å². The highest BCUT2D eigenvalue weighted by Crippen LogP contribution is 2.34. The number of ether oxygens (including phenoxy) is 1. The molecule has 6 nitrogen and oxygen atoms in total. The number of amides is 1. The minimum atomic E-state index is -4.01. The summed E-state index contributed by atoms with van der Waals surface area (Å²) in [4.78, 5) is 14.5. The van der Waals surface area contributed by atoms with Gasteiger partial charge < -0.3 is 9.64 Å². The van der Waals surface area contributed by atoms with Gasteiger partial charge in [0, 0.05) is 23.8 Å². The van der Waals surface area contributed by atoms with Crippen molar-refractivity contribution < 1.29 is 22.3 Å². The highest BCUT2D eigenvalue weighted by molar-refractivity contribution is 7.89. The Balaban J connectivity index is 1.56. The van der Waals surface area contributed by atoms with Crippen LogP contribution in [-0.4, -0.2) is 27.5 Å². The van der Waals surface area contributed by atoms with Gasteiger partial charge >= 0.3 is 0 Å². The lowest BCUT2D eigenvalue weighted by atomic mass is 10.1. The number of sulfonamides is 1. The predicted octanol–water partition coefficient (Wildman–Crippen LogP) is 3.90. The summed E-state index contributed by atoms with van der Waals surface area (Å²) in [5, 5.41) is 0. The minimum absolute atomic E-state index is 0.0249. The smallest absolute Gasteiger partial charge is 0.258 e. The van der Waals surface area contributed by atoms with Crippen molar-refractivity contribution in [3.8, 4) is 5.75 Å². The molecule has 3 aromatic rings. The molecule has 0 spiro atoms. The van der Waals surface area contributed by atoms with Gasteiger partial charge in [0.2, 0.25) is 10.0 Å². The molecule has 1 aliphatic heterocycles. The van der Waals surface area contributed by atoms with E-state index in [1.165, 1.54) is 18.2 Å². The Morgan fingerprint density at radius 1 is 1.12 bits per heavy atom. The topological polar surface area (TPSA) is 75.7 Å². The molecular formula is C24H23FN2O4S. The molecule has 0 saturated carbocycles. The number of fused-ring (bicyclic) bond motifs is 1. The van der Waals surface area contributed by atoms with E-state index in [4.69, 9.17) is 4.74 Å². The van der Waals surface area contributed by atoms with Gasteiger partial charge in [0.05, 0.1) is 7.11 Å². The standard InChI is InChI=1S/C24H23FN2O4S/c1-16-13-19-8-7-17(15-26-32(29,30)23-6-4-3-5-21(23)25)14-22(19)27(16)24(28)18-9-11-20(31-2)12-10-18/h3-12,14,16,26H,13,15H2,1-2H3. The number of nitrogens with zero attached hydrogens (tertiary/aromatic N) is 1. The predicted molar refractivity (Wildman–Crippen MR) is 120 cm³/mol. The van der Waals surface area contributed by atoms with Crippen LogP contribution in [0.5, 0.6) is 5.75 Å². The maximum Gasteiger partial charge on any atom is 0.258 e. The van der Waals surface area contributed by atoms with Crippen LogP contribution < -0.4 is 14.4 Å². The Labute approximate surface area is 186 Å². The number of rotatable bonds is 6. The Kier molecular flexibility index (Phi) is 5.99. The van der Waals surface area contributed by atoms with Crippen molar-refractivity contribution >= 4 is 21.6 Å². The number of nitrogens with one attached hydrogen (secondary N) is 1. The molecule has 4 rings (SSSR count). The summed E-state index contributed by atoms with van der Waals surface area (Å²) in [6.45, 7) is 1.95. The van der Waals surface area contributed by atoms with E-state index < -0.39 is 20.7 Å². The van der Waals surface area contributed by atoms with Crippen molar-refractivity contribution in [3.63, 3.8) is 0 Å². The van der Waals surface area contributed by atoms with Gasteiger partial charge in [-0.25, -0.2) is 17.5 Å². The molecule has 1 heterocycles. The van der Waals surface area contributed by atoms with Gasteiger partial charge in [-0.15, -0.1) is 0 Å². The highest BCUT2D eigenvalue weighted by Gasteiger charge is 2.32. The third-order valence-electron chi connectivity index (χ3n) is 5.51. The molecule has 1 atom stereocenters. The fraction of sp³-hybridized carbons (Fsp3) is 0.208. The van der Waals surface area contributed by atoms with E-state index >= 15 is 0 Å². The third kappa shape index (κ3) is 4.24. The second-order valence-electron chi connectivity index (χ2n) is 7.67. The number of methoxy groups -OCH3 is 1. The number of hydrogen-bond donors (Lipinski definition) is 1. The van der Waals surface area contributed by atoms with Gasteiger partial charge in [-0.1, -0.05) is 24.3 Å². The summed E-state index contributed by atoms with van der Waals surface area (Å²) in [5.41, 5.74) is 2.97. The Hall–Kier alpha value is -3.23. The zero-order valence-corrected chi connectivity index (χ0v) is 18.5. The largest absolute Gasteiger partial charge is 0.497 e. The second kappa shape index (κ2) is 8.72. The van der Waals surface area contributed by atoms with Crippen molar-refractivity contribution in [1.29, 1.82) is 0 Å². The van der Waals surface area contributed by atoms with Crippen molar-refractivity contribution in [1.82, 2.24) is 4.72 Å². The van der Waals surface area contributed by atoms with Crippen LogP contribution in [0.4, 0.5) is 10.1 Å². The fourth-order valence-corrected chi connectivity index (χ4v) is 4.96. The van der Waals surface area contributed by atoms with E-state index in [0.29, 0.717) is 23.3 Å². The molecule has 0 fully saturated rings. The second-order valence-corrected chi connectivity index (χ2v) is 9.41. The summed E-state index contributed by atoms with van der Waals surface area (Å²) in [7, 11) is -2.44. The Bertz CT molecular complexity index is 1260. The number of carbonyl (C=O) groups excluding carboxylic acids is 1. The van der Waals surface area contributed by atoms with Gasteiger partial charge in [0.1, 0.15) is 16.5 Å². The minimum Gasteiger partial charge on any atom is -0.497 e. The number of benzene rings is 3. The Morgan fingerprint density at radius 3 is 2.53 bits per heavy atom. The molecule has 1 amide bonds. The molecule has 0 aromatic heterocycles. The molecule has 1 N–H and O–H groups in total. The molecule has 1 unspecified atom stereocenters. The average Bonchev–Trinajstić information content (AvgIpc) is 3.12. The zero-order valence-electron chi connectivity index (χ0n) is 17.7. The first-order valence-corrected chi connectivity index (χ1v) is 11.6. The first-order chi connectivity index (χ1) is 15.3. The van der Waals surface area contributed by atoms with Crippen molar-refractivity contribution in [2.24, 2.45) is 0 Å². The normalized spacial score (nSPS) is 15.5. The Morgan fingerprint density at radius 2 is 1.84 bits per heavy atom. The SMILES string of the molecule is COc1ccc(C(=O)N2c3cc(CNS(=O)(=O)c4ccccc4F)ccc3CC2C)cc1. The van der Waals surface area contributed by atoms with E-state index in [1.807, 2.05) is 25.1 Å². The molecule has 0 bridgehead atoms. The summed E-state index contributed by atoms with van der Waals surface area (Å²) < 4.78 is 46.5. The van der Waals surface area contributed by atoms with Gasteiger partial charge in [0.25, 0.3) is 5.91 Å². The van der Waals surface area contributed by atoms with Crippen molar-refractivity contribution in [3.05, 3.63) is 89.2 Å². The average molecular weight is 455 g/mol. The number of hydrogen-bond acceptors (Lipinski definition) is 4. The fourth-order valence-electron chi connectivity index (χ4n) is 3.86. The monoisotopic (exact) mass is 454 g/mol. The molecule has 8 heteroatoms. The highest BCUT2D eigenvalue weighted by atomic mass is 32.2. The van der Waals surface area contributed by atoms with Crippen molar-refractivity contribution in [2.75, 3.05) is 12.0 Å². The van der Waals surface area contributed by atoms with Crippen LogP contribution in [0.3, 0.4) is 0 Å². The summed E-state index contributed by atoms with van der Waals surface area (Å²) in [6.07, 6.45) is 0.707. The van der Waals surface area contributed by atoms with E-state index in [1.54, 1.807) is 36.3 Å².